The van der Waals surface area contributed by atoms with Crippen molar-refractivity contribution >= 4 is 11.8 Å². The van der Waals surface area contributed by atoms with Gasteiger partial charge in [0.15, 0.2) is 0 Å². The average Bonchev–Trinajstić information content (AvgIpc) is 2.38. The lowest BCUT2D eigenvalue weighted by atomic mass is 10.1. The summed E-state index contributed by atoms with van der Waals surface area (Å²) in [4.78, 5) is 12.8. The minimum atomic E-state index is -0.948. The second-order valence-electron chi connectivity index (χ2n) is 4.43. The number of carboxylic acid groups (broad SMARTS) is 1. The van der Waals surface area contributed by atoms with Crippen molar-refractivity contribution in [2.75, 3.05) is 25.1 Å². The molecule has 1 aliphatic heterocycles. The predicted octanol–water partition coefficient (Wildman–Crippen LogP) is 1.93. The van der Waals surface area contributed by atoms with E-state index in [9.17, 15) is 4.79 Å². The number of hydrogen-bond donors (Lipinski definition) is 2. The first kappa shape index (κ1) is 12.5. The number of amides is 1. The van der Waals surface area contributed by atoms with Crippen LogP contribution in [-0.4, -0.2) is 37.4 Å². The molecule has 5 heteroatoms. The molecule has 5 nitrogen and oxygen atoms in total. The van der Waals surface area contributed by atoms with E-state index in [0.29, 0.717) is 0 Å². The van der Waals surface area contributed by atoms with Gasteiger partial charge in [0, 0.05) is 24.8 Å². The summed E-state index contributed by atoms with van der Waals surface area (Å²) in [6.07, 6.45) is 0.951. The molecule has 0 spiro atoms. The summed E-state index contributed by atoms with van der Waals surface area (Å²) in [5.74, 6) is 0.830. The fourth-order valence-electron chi connectivity index (χ4n) is 2.30. The average molecular weight is 250 g/mol. The Balaban J connectivity index is 2.01. The molecule has 1 aromatic rings. The number of benzene rings is 1. The highest BCUT2D eigenvalue weighted by Crippen LogP contribution is 2.22. The maximum Gasteiger partial charge on any atom is 0.404 e. The molecule has 0 radical (unpaired) electrons. The highest BCUT2D eigenvalue weighted by molar-refractivity contribution is 5.65. The van der Waals surface area contributed by atoms with E-state index in [4.69, 9.17) is 9.84 Å². The van der Waals surface area contributed by atoms with E-state index in [1.165, 1.54) is 0 Å². The number of nitrogens with one attached hydrogen (secondary N) is 1. The zero-order chi connectivity index (χ0) is 13.0. The number of methoxy groups -OCH3 is 1. The molecule has 1 atom stereocenters. The summed E-state index contributed by atoms with van der Waals surface area (Å²) in [5, 5.41) is 11.3. The van der Waals surface area contributed by atoms with Crippen molar-refractivity contribution < 1.29 is 14.6 Å². The van der Waals surface area contributed by atoms with Gasteiger partial charge in [-0.05, 0) is 37.1 Å². The third-order valence-corrected chi connectivity index (χ3v) is 3.19. The van der Waals surface area contributed by atoms with E-state index in [-0.39, 0.29) is 6.04 Å². The number of piperidine rings is 1. The van der Waals surface area contributed by atoms with Crippen LogP contribution >= 0.6 is 0 Å². The molecule has 0 aromatic heterocycles. The smallest absolute Gasteiger partial charge is 0.404 e. The maximum absolute atomic E-state index is 10.6. The van der Waals surface area contributed by atoms with Crippen LogP contribution in [0.1, 0.15) is 12.8 Å². The molecule has 2 N–H and O–H groups in total. The number of carbonyl (C=O) groups is 1. The normalized spacial score (nSPS) is 19.4. The van der Waals surface area contributed by atoms with E-state index in [0.717, 1.165) is 37.4 Å². The van der Waals surface area contributed by atoms with Gasteiger partial charge in [-0.2, -0.15) is 0 Å². The molecule has 2 rings (SSSR count). The Morgan fingerprint density at radius 1 is 1.44 bits per heavy atom. The fourth-order valence-corrected chi connectivity index (χ4v) is 2.30. The van der Waals surface area contributed by atoms with Crippen LogP contribution in [-0.2, 0) is 0 Å². The zero-order valence-electron chi connectivity index (χ0n) is 10.4. The van der Waals surface area contributed by atoms with Crippen LogP contribution in [0, 0.1) is 0 Å². The molecule has 0 bridgehead atoms. The largest absolute Gasteiger partial charge is 0.497 e. The van der Waals surface area contributed by atoms with Crippen LogP contribution in [0.25, 0.3) is 0 Å². The summed E-state index contributed by atoms with van der Waals surface area (Å²) in [7, 11) is 1.64. The van der Waals surface area contributed by atoms with Crippen molar-refractivity contribution in [1.29, 1.82) is 0 Å². The van der Waals surface area contributed by atoms with Gasteiger partial charge in [-0.15, -0.1) is 0 Å². The molecule has 18 heavy (non-hydrogen) atoms. The van der Waals surface area contributed by atoms with Crippen LogP contribution < -0.4 is 15.0 Å². The number of rotatable bonds is 3. The number of hydrogen-bond acceptors (Lipinski definition) is 3. The van der Waals surface area contributed by atoms with Crippen LogP contribution in [0.5, 0.6) is 5.75 Å². The molecular weight excluding hydrogens is 232 g/mol. The van der Waals surface area contributed by atoms with E-state index >= 15 is 0 Å². The lowest BCUT2D eigenvalue weighted by molar-refractivity contribution is 0.188. The molecule has 1 fully saturated rings. The molecule has 0 saturated carbocycles. The molecule has 1 aliphatic rings. The Kier molecular flexibility index (Phi) is 3.92. The quantitative estimate of drug-likeness (QED) is 0.860. The highest BCUT2D eigenvalue weighted by atomic mass is 16.5. The topological polar surface area (TPSA) is 61.8 Å². The number of anilines is 1. The summed E-state index contributed by atoms with van der Waals surface area (Å²) in [5.41, 5.74) is 1.10. The molecule has 1 unspecified atom stereocenters. The minimum Gasteiger partial charge on any atom is -0.497 e. The summed E-state index contributed by atoms with van der Waals surface area (Å²) < 4.78 is 5.12. The van der Waals surface area contributed by atoms with Crippen molar-refractivity contribution in [1.82, 2.24) is 5.32 Å². The van der Waals surface area contributed by atoms with E-state index < -0.39 is 6.09 Å². The van der Waals surface area contributed by atoms with Crippen LogP contribution in [0.15, 0.2) is 24.3 Å². The molecule has 1 saturated heterocycles. The SMILES string of the molecule is COc1ccc(N2CCCC(NC(=O)O)C2)cc1. The minimum absolute atomic E-state index is 0.0124. The Hall–Kier alpha value is -1.91. The standard InChI is InChI=1S/C13H18N2O3/c1-18-12-6-4-11(5-7-12)15-8-2-3-10(9-15)14-13(16)17/h4-7,10,14H,2-3,8-9H2,1H3,(H,16,17). The van der Waals surface area contributed by atoms with Crippen LogP contribution in [0.2, 0.25) is 0 Å². The number of nitrogens with zero attached hydrogens (tertiary/aromatic N) is 1. The molecule has 1 aromatic carbocycles. The molecule has 0 aliphatic carbocycles. The van der Waals surface area contributed by atoms with E-state index in [1.54, 1.807) is 7.11 Å². The van der Waals surface area contributed by atoms with Crippen LogP contribution in [0.4, 0.5) is 10.5 Å². The Morgan fingerprint density at radius 3 is 2.78 bits per heavy atom. The first-order valence-electron chi connectivity index (χ1n) is 6.07. The van der Waals surface area contributed by atoms with Gasteiger partial charge < -0.3 is 20.1 Å². The van der Waals surface area contributed by atoms with Crippen molar-refractivity contribution in [3.63, 3.8) is 0 Å². The maximum atomic E-state index is 10.6. The van der Waals surface area contributed by atoms with Crippen molar-refractivity contribution in [2.45, 2.75) is 18.9 Å². The van der Waals surface area contributed by atoms with E-state index in [2.05, 4.69) is 10.2 Å². The second-order valence-corrected chi connectivity index (χ2v) is 4.43. The Bertz CT molecular complexity index is 405. The monoisotopic (exact) mass is 250 g/mol. The van der Waals surface area contributed by atoms with E-state index in [1.807, 2.05) is 24.3 Å². The highest BCUT2D eigenvalue weighted by Gasteiger charge is 2.21. The summed E-state index contributed by atoms with van der Waals surface area (Å²) in [6, 6.07) is 7.86. The van der Waals surface area contributed by atoms with Gasteiger partial charge in [0.1, 0.15) is 5.75 Å². The summed E-state index contributed by atoms with van der Waals surface area (Å²) in [6.45, 7) is 1.68. The van der Waals surface area contributed by atoms with Gasteiger partial charge in [-0.25, -0.2) is 4.79 Å². The third-order valence-electron chi connectivity index (χ3n) is 3.19. The van der Waals surface area contributed by atoms with Gasteiger partial charge in [-0.1, -0.05) is 0 Å². The van der Waals surface area contributed by atoms with Crippen molar-refractivity contribution in [3.8, 4) is 5.75 Å². The molecule has 1 heterocycles. The van der Waals surface area contributed by atoms with Gasteiger partial charge in [0.05, 0.1) is 7.11 Å². The first-order valence-corrected chi connectivity index (χ1v) is 6.07. The van der Waals surface area contributed by atoms with Crippen molar-refractivity contribution in [2.24, 2.45) is 0 Å². The predicted molar refractivity (Wildman–Crippen MR) is 69.4 cm³/mol. The fraction of sp³-hybridized carbons (Fsp3) is 0.462. The van der Waals surface area contributed by atoms with Gasteiger partial charge in [0.25, 0.3) is 0 Å². The summed E-state index contributed by atoms with van der Waals surface area (Å²) >= 11 is 0. The van der Waals surface area contributed by atoms with Gasteiger partial charge in [-0.3, -0.25) is 0 Å². The number of ether oxygens (including phenoxy) is 1. The lowest BCUT2D eigenvalue weighted by Crippen LogP contribution is -2.47. The second kappa shape index (κ2) is 5.62. The van der Waals surface area contributed by atoms with Gasteiger partial charge in [0.2, 0.25) is 0 Å². The zero-order valence-corrected chi connectivity index (χ0v) is 10.4. The van der Waals surface area contributed by atoms with Crippen LogP contribution in [0.3, 0.4) is 0 Å². The van der Waals surface area contributed by atoms with Crippen molar-refractivity contribution in [3.05, 3.63) is 24.3 Å². The Labute approximate surface area is 106 Å². The molecule has 98 valence electrons. The third kappa shape index (κ3) is 3.06. The molecular formula is C13H18N2O3. The lowest BCUT2D eigenvalue weighted by Gasteiger charge is -2.34. The Morgan fingerprint density at radius 2 is 2.17 bits per heavy atom. The first-order chi connectivity index (χ1) is 8.69. The van der Waals surface area contributed by atoms with Gasteiger partial charge >= 0.3 is 6.09 Å². The molecule has 1 amide bonds.